The summed E-state index contributed by atoms with van der Waals surface area (Å²) in [6.45, 7) is 0. The Kier molecular flexibility index (Phi) is 6.78. The van der Waals surface area contributed by atoms with Gasteiger partial charge in [0, 0.05) is 6.42 Å². The Morgan fingerprint density at radius 3 is 1.91 bits per heavy atom. The molecule has 0 unspecified atom stereocenters. The summed E-state index contributed by atoms with van der Waals surface area (Å²) in [5.41, 5.74) is 13.0. The molecule has 4 rings (SSSR count). The number of carbonyl (C=O) groups excluding carboxylic acids is 2. The molecule has 11 heteroatoms. The van der Waals surface area contributed by atoms with Gasteiger partial charge < -0.3 is 35.8 Å². The lowest BCUT2D eigenvalue weighted by molar-refractivity contribution is 0.0924. The van der Waals surface area contributed by atoms with Gasteiger partial charge in [0.1, 0.15) is 30.1 Å². The summed E-state index contributed by atoms with van der Waals surface area (Å²) in [5, 5.41) is 21.7. The van der Waals surface area contributed by atoms with Crippen molar-refractivity contribution >= 4 is 11.8 Å². The van der Waals surface area contributed by atoms with Crippen molar-refractivity contribution in [2.75, 3.05) is 0 Å². The molecule has 0 aliphatic heterocycles. The van der Waals surface area contributed by atoms with Gasteiger partial charge in [-0.1, -0.05) is 24.3 Å². The van der Waals surface area contributed by atoms with Crippen LogP contribution in [0.3, 0.4) is 0 Å². The van der Waals surface area contributed by atoms with Crippen molar-refractivity contribution in [3.05, 3.63) is 95.4 Å². The number of nitrogens with two attached hydrogens (primary N) is 2. The third-order valence-corrected chi connectivity index (χ3v) is 5.22. The second-order valence-corrected chi connectivity index (χ2v) is 7.88. The number of carbonyl (C=O) groups is 2. The number of phenols is 2. The van der Waals surface area contributed by atoms with Gasteiger partial charge in [-0.15, -0.1) is 0 Å². The van der Waals surface area contributed by atoms with E-state index in [0.717, 1.165) is 17.4 Å². The Hall–Kier alpha value is -4.64. The fourth-order valence-corrected chi connectivity index (χ4v) is 3.40. The first-order valence-corrected chi connectivity index (χ1v) is 10.6. The number of rotatable bonds is 9. The minimum atomic E-state index is -0.772. The molecule has 35 heavy (non-hydrogen) atoms. The van der Waals surface area contributed by atoms with Crippen molar-refractivity contribution in [2.24, 2.45) is 11.5 Å². The second-order valence-electron chi connectivity index (χ2n) is 7.88. The van der Waals surface area contributed by atoms with E-state index >= 15 is 0 Å². The molecule has 0 spiro atoms. The molecule has 2 aromatic heterocycles. The average molecular weight is 477 g/mol. The maximum absolute atomic E-state index is 12.9. The van der Waals surface area contributed by atoms with Crippen LogP contribution in [-0.4, -0.2) is 32.0 Å². The molecular formula is C24H23N5O6. The van der Waals surface area contributed by atoms with Gasteiger partial charge in [-0.3, -0.25) is 9.59 Å². The number of benzene rings is 2. The summed E-state index contributed by atoms with van der Waals surface area (Å²) in [4.78, 5) is 32.7. The number of hydrogen-bond acceptors (Lipinski definition) is 9. The molecule has 0 bridgehead atoms. The Morgan fingerprint density at radius 2 is 1.34 bits per heavy atom. The van der Waals surface area contributed by atoms with E-state index in [-0.39, 0.29) is 41.1 Å². The summed E-state index contributed by atoms with van der Waals surface area (Å²) in [7, 11) is 0. The van der Waals surface area contributed by atoms with Gasteiger partial charge >= 0.3 is 0 Å². The predicted octanol–water partition coefficient (Wildman–Crippen LogP) is 2.13. The minimum Gasteiger partial charge on any atom is -0.508 e. The smallest absolute Gasteiger partial charge is 0.273 e. The monoisotopic (exact) mass is 477 g/mol. The zero-order valence-electron chi connectivity index (χ0n) is 18.4. The van der Waals surface area contributed by atoms with E-state index in [4.69, 9.17) is 20.3 Å². The molecule has 2 amide bonds. The normalized spacial score (nSPS) is 12.7. The first-order chi connectivity index (χ1) is 16.8. The Bertz CT molecular complexity index is 1310. The molecular weight excluding hydrogens is 454 g/mol. The SMILES string of the molecule is NC(=O)c1coc([C@H](Cc2ccc(O)cc2)NC(=O)c2coc([C@@H](N)Cc3ccc(O)cc3)n2)n1. The molecule has 0 saturated heterocycles. The highest BCUT2D eigenvalue weighted by Crippen LogP contribution is 2.22. The molecule has 0 aliphatic carbocycles. The molecule has 2 heterocycles. The lowest BCUT2D eigenvalue weighted by Gasteiger charge is -2.15. The summed E-state index contributed by atoms with van der Waals surface area (Å²) < 4.78 is 10.8. The molecule has 11 nitrogen and oxygen atoms in total. The van der Waals surface area contributed by atoms with Crippen LogP contribution >= 0.6 is 0 Å². The van der Waals surface area contributed by atoms with Crippen LogP contribution in [0.1, 0.15) is 56.0 Å². The molecule has 7 N–H and O–H groups in total. The topological polar surface area (TPSA) is 191 Å². The zero-order valence-corrected chi connectivity index (χ0v) is 18.4. The predicted molar refractivity (Wildman–Crippen MR) is 122 cm³/mol. The van der Waals surface area contributed by atoms with Crippen LogP contribution in [0.15, 0.2) is 69.9 Å². The van der Waals surface area contributed by atoms with Crippen molar-refractivity contribution in [3.8, 4) is 11.5 Å². The van der Waals surface area contributed by atoms with Gasteiger partial charge in [0.15, 0.2) is 11.4 Å². The third kappa shape index (κ3) is 5.84. The van der Waals surface area contributed by atoms with Crippen LogP contribution in [-0.2, 0) is 12.8 Å². The number of aromatic hydroxyl groups is 2. The van der Waals surface area contributed by atoms with E-state index in [2.05, 4.69) is 15.3 Å². The van der Waals surface area contributed by atoms with Gasteiger partial charge in [-0.25, -0.2) is 9.97 Å². The van der Waals surface area contributed by atoms with E-state index in [1.165, 1.54) is 18.4 Å². The largest absolute Gasteiger partial charge is 0.508 e. The lowest BCUT2D eigenvalue weighted by atomic mass is 10.1. The summed E-state index contributed by atoms with van der Waals surface area (Å²) >= 11 is 0. The molecule has 0 fully saturated rings. The number of nitrogens with one attached hydrogen (secondary N) is 1. The Balaban J connectivity index is 1.49. The first-order valence-electron chi connectivity index (χ1n) is 10.6. The van der Waals surface area contributed by atoms with Crippen molar-refractivity contribution in [1.82, 2.24) is 15.3 Å². The molecule has 2 atom stereocenters. The molecule has 0 aliphatic rings. The number of hydrogen-bond donors (Lipinski definition) is 5. The fraction of sp³-hybridized carbons (Fsp3) is 0.167. The maximum Gasteiger partial charge on any atom is 0.273 e. The van der Waals surface area contributed by atoms with Crippen LogP contribution in [0, 0.1) is 0 Å². The number of amides is 2. The molecule has 2 aromatic carbocycles. The number of nitrogens with zero attached hydrogens (tertiary/aromatic N) is 2. The van der Waals surface area contributed by atoms with Crippen molar-refractivity contribution in [2.45, 2.75) is 24.9 Å². The highest BCUT2D eigenvalue weighted by Gasteiger charge is 2.25. The fourth-order valence-electron chi connectivity index (χ4n) is 3.40. The second kappa shape index (κ2) is 10.1. The number of primary amides is 1. The van der Waals surface area contributed by atoms with E-state index in [0.29, 0.717) is 6.42 Å². The quantitative estimate of drug-likeness (QED) is 0.240. The third-order valence-electron chi connectivity index (χ3n) is 5.22. The molecule has 4 aromatic rings. The van der Waals surface area contributed by atoms with Gasteiger partial charge in [0.2, 0.25) is 11.8 Å². The molecule has 0 radical (unpaired) electrons. The number of oxazole rings is 2. The van der Waals surface area contributed by atoms with E-state index < -0.39 is 23.9 Å². The van der Waals surface area contributed by atoms with Crippen molar-refractivity contribution in [3.63, 3.8) is 0 Å². The Morgan fingerprint density at radius 1 is 0.829 bits per heavy atom. The average Bonchev–Trinajstić information content (AvgIpc) is 3.52. The highest BCUT2D eigenvalue weighted by molar-refractivity contribution is 5.92. The standard InChI is InChI=1S/C24H23N5O6/c25-17(9-13-1-5-15(30)6-2-13)23-29-20(12-34-23)22(33)27-18(10-14-3-7-16(31)8-4-14)24-28-19(11-35-24)21(26)32/h1-8,11-12,17-18,30-31H,9-10,25H2,(H2,26,32)(H,27,33)/t17-,18-/m0/s1. The van der Waals surface area contributed by atoms with Crippen LogP contribution in [0.2, 0.25) is 0 Å². The van der Waals surface area contributed by atoms with Crippen molar-refractivity contribution in [1.29, 1.82) is 0 Å². The van der Waals surface area contributed by atoms with E-state index in [1.54, 1.807) is 36.4 Å². The Labute approximate surface area is 199 Å². The maximum atomic E-state index is 12.9. The minimum absolute atomic E-state index is 0.00135. The summed E-state index contributed by atoms with van der Waals surface area (Å²) in [6, 6.07) is 11.6. The number of phenolic OH excluding ortho intramolecular Hbond substituents is 2. The van der Waals surface area contributed by atoms with Gasteiger partial charge in [-0.2, -0.15) is 0 Å². The van der Waals surface area contributed by atoms with Crippen molar-refractivity contribution < 1.29 is 28.6 Å². The van der Waals surface area contributed by atoms with Crippen LogP contribution in [0.4, 0.5) is 0 Å². The zero-order chi connectivity index (χ0) is 24.9. The number of aromatic nitrogens is 2. The van der Waals surface area contributed by atoms with Crippen LogP contribution < -0.4 is 16.8 Å². The van der Waals surface area contributed by atoms with Gasteiger partial charge in [0.25, 0.3) is 11.8 Å². The first kappa shape index (κ1) is 23.5. The summed E-state index contributed by atoms with van der Waals surface area (Å²) in [6.07, 6.45) is 2.95. The molecule has 180 valence electrons. The van der Waals surface area contributed by atoms with Crippen LogP contribution in [0.5, 0.6) is 11.5 Å². The van der Waals surface area contributed by atoms with E-state index in [9.17, 15) is 19.8 Å². The van der Waals surface area contributed by atoms with Crippen LogP contribution in [0.25, 0.3) is 0 Å². The lowest BCUT2D eigenvalue weighted by Crippen LogP contribution is -2.30. The van der Waals surface area contributed by atoms with Gasteiger partial charge in [0.05, 0.1) is 6.04 Å². The molecule has 0 saturated carbocycles. The van der Waals surface area contributed by atoms with E-state index in [1.807, 2.05) is 0 Å². The summed E-state index contributed by atoms with van der Waals surface area (Å²) in [5.74, 6) is -0.843. The highest BCUT2D eigenvalue weighted by atomic mass is 16.3. The van der Waals surface area contributed by atoms with Gasteiger partial charge in [-0.05, 0) is 41.8 Å².